The van der Waals surface area contributed by atoms with Crippen molar-refractivity contribution in [3.8, 4) is 0 Å². The van der Waals surface area contributed by atoms with E-state index >= 15 is 0 Å². The van der Waals surface area contributed by atoms with Crippen molar-refractivity contribution in [3.63, 3.8) is 0 Å². The van der Waals surface area contributed by atoms with Gasteiger partial charge < -0.3 is 19.1 Å². The Morgan fingerprint density at radius 3 is 2.30 bits per heavy atom. The lowest BCUT2D eigenvalue weighted by Crippen LogP contribution is -2.41. The van der Waals surface area contributed by atoms with Crippen molar-refractivity contribution in [2.24, 2.45) is 5.92 Å². The molecule has 0 bridgehead atoms. The van der Waals surface area contributed by atoms with Crippen LogP contribution >= 0.6 is 0 Å². The Labute approximate surface area is 157 Å². The molecule has 3 rings (SSSR count). The van der Waals surface area contributed by atoms with E-state index in [1.807, 2.05) is 12.1 Å². The third kappa shape index (κ3) is 5.40. The second-order valence-corrected chi connectivity index (χ2v) is 6.73. The first-order valence-electron chi connectivity index (χ1n) is 8.81. The number of nitrogens with one attached hydrogen (secondary N) is 1. The van der Waals surface area contributed by atoms with Crippen LogP contribution in [0.3, 0.4) is 0 Å². The Morgan fingerprint density at radius 1 is 1.15 bits per heavy atom. The van der Waals surface area contributed by atoms with E-state index in [4.69, 9.17) is 8.83 Å². The van der Waals surface area contributed by atoms with Gasteiger partial charge in [0.05, 0.1) is 30.5 Å². The molecule has 3 aromatic rings. The van der Waals surface area contributed by atoms with Crippen molar-refractivity contribution in [2.75, 3.05) is 0 Å². The van der Waals surface area contributed by atoms with Gasteiger partial charge in [-0.2, -0.15) is 0 Å². The molecule has 3 heterocycles. The lowest BCUT2D eigenvalue weighted by Gasteiger charge is -2.26. The molecule has 0 aliphatic heterocycles. The molecule has 1 atom stereocenters. The summed E-state index contributed by atoms with van der Waals surface area (Å²) in [5.41, 5.74) is 2.30. The van der Waals surface area contributed by atoms with Crippen molar-refractivity contribution in [1.29, 1.82) is 0 Å². The summed E-state index contributed by atoms with van der Waals surface area (Å²) < 4.78 is 10.0. The van der Waals surface area contributed by atoms with Crippen LogP contribution in [-0.4, -0.2) is 25.9 Å². The van der Waals surface area contributed by atoms with Crippen molar-refractivity contribution in [3.05, 3.63) is 66.8 Å². The third-order valence-corrected chi connectivity index (χ3v) is 4.05. The SMILES string of the molecule is CC(C)C[C@H](NC(=O)N(Cc1cocn1)Cc1cocn1)c1cccnc1. The van der Waals surface area contributed by atoms with Crippen LogP contribution in [0.5, 0.6) is 0 Å². The highest BCUT2D eigenvalue weighted by Crippen LogP contribution is 2.21. The van der Waals surface area contributed by atoms with Crippen molar-refractivity contribution in [1.82, 2.24) is 25.2 Å². The van der Waals surface area contributed by atoms with Gasteiger partial charge in [0, 0.05) is 12.4 Å². The summed E-state index contributed by atoms with van der Waals surface area (Å²) in [6.45, 7) is 4.85. The Kier molecular flexibility index (Phi) is 6.19. The van der Waals surface area contributed by atoms with Crippen LogP contribution in [0.15, 0.2) is 58.7 Å². The van der Waals surface area contributed by atoms with Crippen LogP contribution in [0.1, 0.15) is 43.3 Å². The number of urea groups is 1. The fourth-order valence-electron chi connectivity index (χ4n) is 2.79. The molecule has 0 aliphatic rings. The molecule has 2 amide bonds. The van der Waals surface area contributed by atoms with Gasteiger partial charge in [0.1, 0.15) is 12.5 Å². The molecule has 0 radical (unpaired) electrons. The van der Waals surface area contributed by atoms with E-state index in [0.717, 1.165) is 12.0 Å². The number of hydrogen-bond acceptors (Lipinski definition) is 6. The number of amides is 2. The highest BCUT2D eigenvalue weighted by Gasteiger charge is 2.22. The number of rotatable bonds is 8. The first-order valence-corrected chi connectivity index (χ1v) is 8.81. The molecular formula is C19H23N5O3. The summed E-state index contributed by atoms with van der Waals surface area (Å²) in [6.07, 6.45) is 10.0. The minimum absolute atomic E-state index is 0.136. The summed E-state index contributed by atoms with van der Waals surface area (Å²) in [5.74, 6) is 0.412. The minimum atomic E-state index is -0.212. The summed E-state index contributed by atoms with van der Waals surface area (Å²) in [4.78, 5) is 27.1. The van der Waals surface area contributed by atoms with E-state index in [2.05, 4.69) is 34.1 Å². The van der Waals surface area contributed by atoms with E-state index in [9.17, 15) is 4.79 Å². The van der Waals surface area contributed by atoms with Crippen LogP contribution in [-0.2, 0) is 13.1 Å². The standard InChI is InChI=1S/C19H23N5O3/c1-14(2)6-18(15-4-3-5-20-7-15)23-19(25)24(8-16-10-26-12-21-16)9-17-11-27-13-22-17/h3-5,7,10-14,18H,6,8-9H2,1-2H3,(H,23,25)/t18-/m0/s1. The van der Waals surface area contributed by atoms with E-state index < -0.39 is 0 Å². The van der Waals surface area contributed by atoms with Gasteiger partial charge in [-0.3, -0.25) is 4.98 Å². The van der Waals surface area contributed by atoms with E-state index in [1.165, 1.54) is 25.3 Å². The monoisotopic (exact) mass is 369 g/mol. The van der Waals surface area contributed by atoms with Gasteiger partial charge in [0.2, 0.25) is 0 Å². The van der Waals surface area contributed by atoms with Gasteiger partial charge >= 0.3 is 6.03 Å². The summed E-state index contributed by atoms with van der Waals surface area (Å²) in [7, 11) is 0. The average Bonchev–Trinajstić information content (AvgIpc) is 3.35. The van der Waals surface area contributed by atoms with Gasteiger partial charge in [-0.05, 0) is 24.0 Å². The minimum Gasteiger partial charge on any atom is -0.451 e. The smallest absolute Gasteiger partial charge is 0.318 e. The maximum Gasteiger partial charge on any atom is 0.318 e. The van der Waals surface area contributed by atoms with Gasteiger partial charge in [0.15, 0.2) is 12.8 Å². The molecule has 0 aromatic carbocycles. The number of oxazole rings is 2. The lowest BCUT2D eigenvalue weighted by atomic mass is 9.98. The van der Waals surface area contributed by atoms with E-state index in [0.29, 0.717) is 30.4 Å². The number of aromatic nitrogens is 3. The fourth-order valence-corrected chi connectivity index (χ4v) is 2.79. The summed E-state index contributed by atoms with van der Waals surface area (Å²) >= 11 is 0. The van der Waals surface area contributed by atoms with E-state index in [-0.39, 0.29) is 12.1 Å². The molecule has 142 valence electrons. The van der Waals surface area contributed by atoms with Crippen molar-refractivity contribution in [2.45, 2.75) is 39.4 Å². The topological polar surface area (TPSA) is 97.3 Å². The van der Waals surface area contributed by atoms with Crippen LogP contribution in [0.2, 0.25) is 0 Å². The van der Waals surface area contributed by atoms with Crippen LogP contribution in [0, 0.1) is 5.92 Å². The Hall–Kier alpha value is -3.16. The highest BCUT2D eigenvalue weighted by molar-refractivity contribution is 5.74. The van der Waals surface area contributed by atoms with Crippen LogP contribution < -0.4 is 5.32 Å². The fraction of sp³-hybridized carbons (Fsp3) is 0.368. The Bertz CT molecular complexity index is 767. The number of hydrogen-bond donors (Lipinski definition) is 1. The van der Waals surface area contributed by atoms with Gasteiger partial charge in [0.25, 0.3) is 0 Å². The predicted molar refractivity (Wildman–Crippen MR) is 97.2 cm³/mol. The maximum atomic E-state index is 13.0. The van der Waals surface area contributed by atoms with Crippen LogP contribution in [0.25, 0.3) is 0 Å². The first-order chi connectivity index (χ1) is 13.1. The molecule has 0 aliphatic carbocycles. The Balaban J connectivity index is 1.76. The second kappa shape index (κ2) is 8.98. The molecule has 0 saturated carbocycles. The lowest BCUT2D eigenvalue weighted by molar-refractivity contribution is 0.185. The molecule has 0 fully saturated rings. The largest absolute Gasteiger partial charge is 0.451 e. The highest BCUT2D eigenvalue weighted by atomic mass is 16.3. The normalized spacial score (nSPS) is 12.1. The molecule has 1 N–H and O–H groups in total. The Morgan fingerprint density at radius 2 is 1.81 bits per heavy atom. The summed E-state index contributed by atoms with van der Waals surface area (Å²) in [5, 5.41) is 3.12. The first kappa shape index (κ1) is 18.6. The molecule has 0 unspecified atom stereocenters. The predicted octanol–water partition coefficient (Wildman–Crippen LogP) is 3.56. The summed E-state index contributed by atoms with van der Waals surface area (Å²) in [6, 6.07) is 3.50. The van der Waals surface area contributed by atoms with E-state index in [1.54, 1.807) is 17.3 Å². The molecule has 27 heavy (non-hydrogen) atoms. The molecule has 8 heteroatoms. The van der Waals surface area contributed by atoms with Crippen molar-refractivity contribution >= 4 is 6.03 Å². The molecule has 0 spiro atoms. The third-order valence-electron chi connectivity index (χ3n) is 4.05. The molecule has 0 saturated heterocycles. The zero-order valence-electron chi connectivity index (χ0n) is 15.4. The number of nitrogens with zero attached hydrogens (tertiary/aromatic N) is 4. The van der Waals surface area contributed by atoms with Crippen LogP contribution in [0.4, 0.5) is 4.79 Å². The van der Waals surface area contributed by atoms with Gasteiger partial charge in [-0.15, -0.1) is 0 Å². The molecular weight excluding hydrogens is 346 g/mol. The quantitative estimate of drug-likeness (QED) is 0.652. The zero-order valence-corrected chi connectivity index (χ0v) is 15.4. The number of pyridine rings is 1. The maximum absolute atomic E-state index is 13.0. The molecule has 8 nitrogen and oxygen atoms in total. The average molecular weight is 369 g/mol. The van der Waals surface area contributed by atoms with Crippen molar-refractivity contribution < 1.29 is 13.6 Å². The second-order valence-electron chi connectivity index (χ2n) is 6.73. The molecule has 3 aromatic heterocycles. The van der Waals surface area contributed by atoms with Gasteiger partial charge in [-0.25, -0.2) is 14.8 Å². The number of carbonyl (C=O) groups excluding carboxylic acids is 1. The zero-order chi connectivity index (χ0) is 19.1. The van der Waals surface area contributed by atoms with Gasteiger partial charge in [-0.1, -0.05) is 19.9 Å². The number of carbonyl (C=O) groups is 1.